The second kappa shape index (κ2) is 6.21. The molecule has 0 spiro atoms. The van der Waals surface area contributed by atoms with Crippen LogP contribution in [0.25, 0.3) is 0 Å². The molecule has 0 aliphatic carbocycles. The van der Waals surface area contributed by atoms with Gasteiger partial charge in [-0.3, -0.25) is 9.59 Å². The van der Waals surface area contributed by atoms with Crippen LogP contribution in [-0.2, 0) is 9.59 Å². The Kier molecular flexibility index (Phi) is 5.17. The Morgan fingerprint density at radius 3 is 2.39 bits per heavy atom. The number of hydrogen-bond acceptors (Lipinski definition) is 2. The summed E-state index contributed by atoms with van der Waals surface area (Å²) in [6, 6.07) is -0.673. The smallest absolute Gasteiger partial charge is 0.245 e. The molecule has 4 nitrogen and oxygen atoms in total. The van der Waals surface area contributed by atoms with E-state index in [4.69, 9.17) is 0 Å². The zero-order chi connectivity index (χ0) is 13.9. The third kappa shape index (κ3) is 3.47. The van der Waals surface area contributed by atoms with Crippen LogP contribution in [0.1, 0.15) is 47.5 Å². The van der Waals surface area contributed by atoms with Crippen molar-refractivity contribution in [2.75, 3.05) is 6.54 Å². The Balaban J connectivity index is 2.78. The molecule has 18 heavy (non-hydrogen) atoms. The van der Waals surface area contributed by atoms with E-state index in [0.717, 1.165) is 6.42 Å². The van der Waals surface area contributed by atoms with E-state index in [0.29, 0.717) is 24.8 Å². The van der Waals surface area contributed by atoms with Gasteiger partial charge in [0.15, 0.2) is 0 Å². The van der Waals surface area contributed by atoms with Crippen LogP contribution in [0.15, 0.2) is 0 Å². The highest BCUT2D eigenvalue weighted by molar-refractivity contribution is 5.96. The molecule has 4 heteroatoms. The number of nitrogens with zero attached hydrogens (tertiary/aromatic N) is 1. The van der Waals surface area contributed by atoms with E-state index in [1.165, 1.54) is 0 Å². The van der Waals surface area contributed by atoms with Gasteiger partial charge in [0.2, 0.25) is 11.8 Å². The molecule has 0 saturated carbocycles. The first kappa shape index (κ1) is 15.0. The predicted molar refractivity (Wildman–Crippen MR) is 72.0 cm³/mol. The quantitative estimate of drug-likeness (QED) is 0.813. The summed E-state index contributed by atoms with van der Waals surface area (Å²) in [6.07, 6.45) is 1.74. The molecule has 0 aromatic rings. The molecule has 1 heterocycles. The van der Waals surface area contributed by atoms with Crippen LogP contribution in [0.3, 0.4) is 0 Å². The van der Waals surface area contributed by atoms with Gasteiger partial charge in [-0.05, 0) is 25.2 Å². The van der Waals surface area contributed by atoms with Crippen molar-refractivity contribution in [2.45, 2.75) is 59.5 Å². The Morgan fingerprint density at radius 1 is 1.28 bits per heavy atom. The maximum absolute atomic E-state index is 12.4. The fourth-order valence-electron chi connectivity index (χ4n) is 2.23. The number of carbonyl (C=O) groups excluding carboxylic acids is 2. The lowest BCUT2D eigenvalue weighted by Crippen LogP contribution is -2.63. The van der Waals surface area contributed by atoms with E-state index in [1.54, 1.807) is 11.8 Å². The van der Waals surface area contributed by atoms with Crippen LogP contribution >= 0.6 is 0 Å². The number of piperazine rings is 1. The number of rotatable bonds is 5. The van der Waals surface area contributed by atoms with E-state index >= 15 is 0 Å². The van der Waals surface area contributed by atoms with E-state index in [2.05, 4.69) is 33.0 Å². The molecule has 1 fully saturated rings. The number of carbonyl (C=O) groups is 2. The highest BCUT2D eigenvalue weighted by Gasteiger charge is 2.38. The summed E-state index contributed by atoms with van der Waals surface area (Å²) in [5, 5.41) is 2.84. The maximum atomic E-state index is 12.4. The molecule has 1 aliphatic heterocycles. The lowest BCUT2D eigenvalue weighted by molar-refractivity contribution is -0.149. The monoisotopic (exact) mass is 254 g/mol. The van der Waals surface area contributed by atoms with Gasteiger partial charge < -0.3 is 10.2 Å². The standard InChI is InChI=1S/C14H26N2O2/c1-6-10(4)8-16-11(5)13(17)15-12(14(16)18)7-9(2)3/h9-12H,6-8H2,1-5H3,(H,15,17). The molecule has 1 saturated heterocycles. The lowest BCUT2D eigenvalue weighted by Gasteiger charge is -2.39. The molecule has 0 aromatic carbocycles. The fourth-order valence-corrected chi connectivity index (χ4v) is 2.23. The Hall–Kier alpha value is -1.06. The first-order valence-corrected chi connectivity index (χ1v) is 6.97. The first-order chi connectivity index (χ1) is 8.36. The summed E-state index contributed by atoms with van der Waals surface area (Å²) < 4.78 is 0. The van der Waals surface area contributed by atoms with Gasteiger partial charge >= 0.3 is 0 Å². The highest BCUT2D eigenvalue weighted by atomic mass is 16.2. The predicted octanol–water partition coefficient (Wildman–Crippen LogP) is 1.79. The molecule has 0 aromatic heterocycles. The van der Waals surface area contributed by atoms with Crippen LogP contribution in [0, 0.1) is 11.8 Å². The van der Waals surface area contributed by atoms with Crippen molar-refractivity contribution in [2.24, 2.45) is 11.8 Å². The maximum Gasteiger partial charge on any atom is 0.245 e. The van der Waals surface area contributed by atoms with Crippen molar-refractivity contribution < 1.29 is 9.59 Å². The van der Waals surface area contributed by atoms with Gasteiger partial charge in [-0.25, -0.2) is 0 Å². The minimum Gasteiger partial charge on any atom is -0.343 e. The normalized spacial score (nSPS) is 26.4. The van der Waals surface area contributed by atoms with Crippen molar-refractivity contribution in [1.82, 2.24) is 10.2 Å². The third-order valence-corrected chi connectivity index (χ3v) is 3.66. The van der Waals surface area contributed by atoms with Gasteiger partial charge in [0.25, 0.3) is 0 Å². The van der Waals surface area contributed by atoms with Gasteiger partial charge in [-0.15, -0.1) is 0 Å². The molecule has 1 rings (SSSR count). The van der Waals surface area contributed by atoms with Crippen molar-refractivity contribution in [3.8, 4) is 0 Å². The zero-order valence-electron chi connectivity index (χ0n) is 12.2. The Morgan fingerprint density at radius 2 is 1.89 bits per heavy atom. The highest BCUT2D eigenvalue weighted by Crippen LogP contribution is 2.17. The summed E-state index contributed by atoms with van der Waals surface area (Å²) in [5.74, 6) is 0.889. The summed E-state index contributed by atoms with van der Waals surface area (Å²) in [4.78, 5) is 26.0. The first-order valence-electron chi connectivity index (χ1n) is 6.97. The van der Waals surface area contributed by atoms with E-state index in [9.17, 15) is 9.59 Å². The van der Waals surface area contributed by atoms with E-state index in [1.807, 2.05) is 0 Å². The molecule has 2 amide bonds. The summed E-state index contributed by atoms with van der Waals surface area (Å²) in [5.41, 5.74) is 0. The number of nitrogens with one attached hydrogen (secondary N) is 1. The van der Waals surface area contributed by atoms with E-state index < -0.39 is 0 Å². The molecule has 3 unspecified atom stereocenters. The van der Waals surface area contributed by atoms with Crippen LogP contribution in [0.4, 0.5) is 0 Å². The average molecular weight is 254 g/mol. The topological polar surface area (TPSA) is 49.4 Å². The van der Waals surface area contributed by atoms with Gasteiger partial charge in [0.05, 0.1) is 0 Å². The van der Waals surface area contributed by atoms with Crippen LogP contribution in [0.5, 0.6) is 0 Å². The zero-order valence-corrected chi connectivity index (χ0v) is 12.2. The Bertz CT molecular complexity index is 315. The molecular weight excluding hydrogens is 228 g/mol. The fraction of sp³-hybridized carbons (Fsp3) is 0.857. The SMILES string of the molecule is CCC(C)CN1C(=O)C(CC(C)C)NC(=O)C1C. The molecule has 1 aliphatic rings. The Labute approximate surface area is 110 Å². The van der Waals surface area contributed by atoms with E-state index in [-0.39, 0.29) is 23.9 Å². The third-order valence-electron chi connectivity index (χ3n) is 3.66. The number of hydrogen-bond donors (Lipinski definition) is 1. The number of amides is 2. The summed E-state index contributed by atoms with van der Waals surface area (Å²) in [6.45, 7) is 10.8. The molecule has 3 atom stereocenters. The molecule has 1 N–H and O–H groups in total. The molecule has 0 bridgehead atoms. The van der Waals surface area contributed by atoms with Crippen LogP contribution in [0.2, 0.25) is 0 Å². The lowest BCUT2D eigenvalue weighted by atomic mass is 9.97. The van der Waals surface area contributed by atoms with Crippen LogP contribution < -0.4 is 5.32 Å². The molecule has 0 radical (unpaired) electrons. The minimum absolute atomic E-state index is 0.0245. The molecule has 104 valence electrons. The van der Waals surface area contributed by atoms with Crippen molar-refractivity contribution >= 4 is 11.8 Å². The minimum atomic E-state index is -0.338. The average Bonchev–Trinajstić information content (AvgIpc) is 2.30. The molecular formula is C14H26N2O2. The van der Waals surface area contributed by atoms with Crippen molar-refractivity contribution in [1.29, 1.82) is 0 Å². The van der Waals surface area contributed by atoms with Gasteiger partial charge in [-0.2, -0.15) is 0 Å². The summed E-state index contributed by atoms with van der Waals surface area (Å²) in [7, 11) is 0. The van der Waals surface area contributed by atoms with Crippen molar-refractivity contribution in [3.63, 3.8) is 0 Å². The van der Waals surface area contributed by atoms with Crippen LogP contribution in [-0.4, -0.2) is 35.3 Å². The van der Waals surface area contributed by atoms with Gasteiger partial charge in [0, 0.05) is 6.54 Å². The van der Waals surface area contributed by atoms with Crippen molar-refractivity contribution in [3.05, 3.63) is 0 Å². The van der Waals surface area contributed by atoms with Gasteiger partial charge in [0.1, 0.15) is 12.1 Å². The van der Waals surface area contributed by atoms with Gasteiger partial charge in [-0.1, -0.05) is 34.1 Å². The largest absolute Gasteiger partial charge is 0.343 e. The summed E-state index contributed by atoms with van der Waals surface area (Å²) >= 11 is 0. The second-order valence-electron chi connectivity index (χ2n) is 5.87. The second-order valence-corrected chi connectivity index (χ2v) is 5.87.